The first-order chi connectivity index (χ1) is 16.9. The van der Waals surface area contributed by atoms with Gasteiger partial charge in [0.1, 0.15) is 23.4 Å². The van der Waals surface area contributed by atoms with Crippen molar-refractivity contribution >= 4 is 45.1 Å². The van der Waals surface area contributed by atoms with Crippen LogP contribution in [0.4, 0.5) is 10.2 Å². The number of anilines is 1. The van der Waals surface area contributed by atoms with Crippen molar-refractivity contribution in [1.29, 1.82) is 5.26 Å². The van der Waals surface area contributed by atoms with Crippen molar-refractivity contribution in [2.45, 2.75) is 19.4 Å². The van der Waals surface area contributed by atoms with Gasteiger partial charge in [0.2, 0.25) is 5.91 Å². The predicted molar refractivity (Wildman–Crippen MR) is 130 cm³/mol. The highest BCUT2D eigenvalue weighted by atomic mass is 35.5. The number of nitrogens with one attached hydrogen (secondary N) is 1. The molecule has 0 bridgehead atoms. The zero-order valence-corrected chi connectivity index (χ0v) is 19.6. The molecule has 1 aromatic carbocycles. The lowest BCUT2D eigenvalue weighted by Gasteiger charge is -2.41. The number of carbonyl (C=O) groups excluding carboxylic acids is 1. The molecule has 1 fully saturated rings. The second-order valence-electron chi connectivity index (χ2n) is 8.29. The van der Waals surface area contributed by atoms with Crippen molar-refractivity contribution in [2.24, 2.45) is 0 Å². The van der Waals surface area contributed by atoms with Crippen molar-refractivity contribution in [2.75, 3.05) is 24.5 Å². The molecule has 1 aliphatic rings. The molecule has 0 saturated carbocycles. The fourth-order valence-electron chi connectivity index (χ4n) is 4.57. The lowest BCUT2D eigenvalue weighted by molar-refractivity contribution is -0.128. The second kappa shape index (κ2) is 8.92. The summed E-state index contributed by atoms with van der Waals surface area (Å²) in [4.78, 5) is 28.8. The first-order valence-corrected chi connectivity index (χ1v) is 11.3. The Kier molecular flexibility index (Phi) is 5.78. The number of pyridine rings is 1. The quantitative estimate of drug-likeness (QED) is 0.433. The number of hydrogen-bond donors (Lipinski definition) is 1. The Bertz CT molecular complexity index is 1530. The van der Waals surface area contributed by atoms with E-state index in [0.29, 0.717) is 46.8 Å². The molecule has 0 spiro atoms. The molecule has 35 heavy (non-hydrogen) atoms. The van der Waals surface area contributed by atoms with Gasteiger partial charge in [-0.2, -0.15) is 10.4 Å². The number of benzene rings is 1. The Morgan fingerprint density at radius 2 is 2.17 bits per heavy atom. The van der Waals surface area contributed by atoms with Gasteiger partial charge in [-0.05, 0) is 24.6 Å². The van der Waals surface area contributed by atoms with Gasteiger partial charge in [-0.25, -0.2) is 14.4 Å². The SMILES string of the molecule is C=CC(=O)N1CCN(c2ncnc3c(F)c(-c4c(Cl)c(C)cc5[nH]ncc45)ncc23)C[C@@H]1CC#N. The maximum atomic E-state index is 15.9. The highest BCUT2D eigenvalue weighted by molar-refractivity contribution is 6.35. The molecule has 176 valence electrons. The molecule has 5 rings (SSSR count). The van der Waals surface area contributed by atoms with Gasteiger partial charge in [0, 0.05) is 36.8 Å². The van der Waals surface area contributed by atoms with Gasteiger partial charge in [-0.1, -0.05) is 18.2 Å². The van der Waals surface area contributed by atoms with Crippen LogP contribution in [-0.2, 0) is 4.79 Å². The molecule has 0 aliphatic carbocycles. The molecule has 4 heterocycles. The number of nitriles is 1. The van der Waals surface area contributed by atoms with E-state index in [1.165, 1.54) is 18.6 Å². The van der Waals surface area contributed by atoms with Gasteiger partial charge in [0.25, 0.3) is 0 Å². The summed E-state index contributed by atoms with van der Waals surface area (Å²) in [5.74, 6) is -0.351. The number of hydrogen-bond acceptors (Lipinski definition) is 7. The number of piperazine rings is 1. The summed E-state index contributed by atoms with van der Waals surface area (Å²) >= 11 is 6.58. The third kappa shape index (κ3) is 3.74. The van der Waals surface area contributed by atoms with E-state index in [1.54, 1.807) is 11.1 Å². The van der Waals surface area contributed by atoms with Crippen LogP contribution in [0.2, 0.25) is 5.02 Å². The average molecular weight is 491 g/mol. The molecule has 1 amide bonds. The summed E-state index contributed by atoms with van der Waals surface area (Å²) in [6.45, 7) is 6.58. The number of nitrogens with zero attached hydrogens (tertiary/aromatic N) is 7. The fourth-order valence-corrected chi connectivity index (χ4v) is 4.82. The zero-order valence-electron chi connectivity index (χ0n) is 18.8. The minimum Gasteiger partial charge on any atom is -0.352 e. The minimum absolute atomic E-state index is 0.0750. The van der Waals surface area contributed by atoms with Gasteiger partial charge >= 0.3 is 0 Å². The van der Waals surface area contributed by atoms with Crippen LogP contribution >= 0.6 is 11.6 Å². The molecule has 0 radical (unpaired) electrons. The number of aromatic amines is 1. The Morgan fingerprint density at radius 3 is 2.94 bits per heavy atom. The van der Waals surface area contributed by atoms with E-state index < -0.39 is 5.82 Å². The van der Waals surface area contributed by atoms with Crippen LogP contribution in [0, 0.1) is 24.1 Å². The molecule has 4 aromatic rings. The lowest BCUT2D eigenvalue weighted by atomic mass is 10.0. The third-order valence-electron chi connectivity index (χ3n) is 6.27. The van der Waals surface area contributed by atoms with Crippen LogP contribution in [0.1, 0.15) is 12.0 Å². The van der Waals surface area contributed by atoms with Crippen LogP contribution < -0.4 is 4.90 Å². The van der Waals surface area contributed by atoms with E-state index in [0.717, 1.165) is 11.1 Å². The number of aromatic nitrogens is 5. The summed E-state index contributed by atoms with van der Waals surface area (Å²) in [5.41, 5.74) is 2.11. The van der Waals surface area contributed by atoms with Gasteiger partial charge < -0.3 is 9.80 Å². The Labute approximate surface area is 204 Å². The second-order valence-corrected chi connectivity index (χ2v) is 8.67. The Morgan fingerprint density at radius 1 is 1.34 bits per heavy atom. The number of halogens is 2. The van der Waals surface area contributed by atoms with Gasteiger partial charge in [-0.3, -0.25) is 14.9 Å². The molecule has 11 heteroatoms. The molecule has 3 aromatic heterocycles. The van der Waals surface area contributed by atoms with Crippen LogP contribution in [0.5, 0.6) is 0 Å². The standard InChI is InChI=1S/C24H20ClFN8O/c1-3-18(35)34-7-6-33(11-14(34)4-5-27)24-16-9-28-23(21(26)22(16)29-12-30-24)19-15-10-31-32-17(15)8-13(2)20(19)25/h3,8-10,12,14H,1,4,6-7,11H2,2H3,(H,31,32)/t14-/m0/s1. The number of amides is 1. The fraction of sp³-hybridized carbons (Fsp3) is 0.250. The molecule has 1 atom stereocenters. The van der Waals surface area contributed by atoms with E-state index in [2.05, 4.69) is 37.8 Å². The van der Waals surface area contributed by atoms with Gasteiger partial charge in [-0.15, -0.1) is 0 Å². The van der Waals surface area contributed by atoms with E-state index in [-0.39, 0.29) is 29.6 Å². The molecule has 1 N–H and O–H groups in total. The largest absolute Gasteiger partial charge is 0.352 e. The highest BCUT2D eigenvalue weighted by Gasteiger charge is 2.31. The summed E-state index contributed by atoms with van der Waals surface area (Å²) in [6.07, 6.45) is 5.83. The van der Waals surface area contributed by atoms with Crippen LogP contribution in [0.3, 0.4) is 0 Å². The summed E-state index contributed by atoms with van der Waals surface area (Å²) in [7, 11) is 0. The summed E-state index contributed by atoms with van der Waals surface area (Å²) in [6, 6.07) is 3.64. The number of rotatable bonds is 4. The summed E-state index contributed by atoms with van der Waals surface area (Å²) < 4.78 is 15.9. The Balaban J connectivity index is 1.59. The van der Waals surface area contributed by atoms with Crippen LogP contribution in [-0.4, -0.2) is 61.6 Å². The summed E-state index contributed by atoms with van der Waals surface area (Å²) in [5, 5.41) is 17.7. The zero-order chi connectivity index (χ0) is 24.7. The van der Waals surface area contributed by atoms with Crippen molar-refractivity contribution in [3.8, 4) is 17.3 Å². The molecular weight excluding hydrogens is 471 g/mol. The average Bonchev–Trinajstić information content (AvgIpc) is 3.33. The first kappa shape index (κ1) is 22.7. The van der Waals surface area contributed by atoms with Crippen LogP contribution in [0.15, 0.2) is 37.4 Å². The number of aryl methyl sites for hydroxylation is 1. The number of fused-ring (bicyclic) bond motifs is 2. The minimum atomic E-state index is -0.616. The van der Waals surface area contributed by atoms with Crippen molar-refractivity contribution < 1.29 is 9.18 Å². The topological polar surface area (TPSA) is 115 Å². The van der Waals surface area contributed by atoms with Crippen LogP contribution in [0.25, 0.3) is 33.1 Å². The maximum absolute atomic E-state index is 15.9. The lowest BCUT2D eigenvalue weighted by Crippen LogP contribution is -2.55. The van der Waals surface area contributed by atoms with E-state index in [1.807, 2.05) is 17.9 Å². The van der Waals surface area contributed by atoms with Crippen molar-refractivity contribution in [3.63, 3.8) is 0 Å². The molecule has 9 nitrogen and oxygen atoms in total. The van der Waals surface area contributed by atoms with E-state index in [9.17, 15) is 10.1 Å². The molecule has 1 saturated heterocycles. The monoisotopic (exact) mass is 490 g/mol. The maximum Gasteiger partial charge on any atom is 0.246 e. The van der Waals surface area contributed by atoms with Gasteiger partial charge in [0.15, 0.2) is 5.82 Å². The predicted octanol–water partition coefficient (Wildman–Crippen LogP) is 3.79. The van der Waals surface area contributed by atoms with Crippen molar-refractivity contribution in [1.82, 2.24) is 30.0 Å². The Hall–Kier alpha value is -4.10. The number of H-pyrrole nitrogens is 1. The molecule has 0 unspecified atom stereocenters. The van der Waals surface area contributed by atoms with Crippen molar-refractivity contribution in [3.05, 3.63) is 53.8 Å². The highest BCUT2D eigenvalue weighted by Crippen LogP contribution is 2.39. The van der Waals surface area contributed by atoms with E-state index >= 15 is 4.39 Å². The first-order valence-electron chi connectivity index (χ1n) is 10.9. The van der Waals surface area contributed by atoms with E-state index in [4.69, 9.17) is 11.6 Å². The normalized spacial score (nSPS) is 16.0. The molecular formula is C24H20ClFN8O. The third-order valence-corrected chi connectivity index (χ3v) is 6.76. The smallest absolute Gasteiger partial charge is 0.246 e. The van der Waals surface area contributed by atoms with Gasteiger partial charge in [0.05, 0.1) is 40.7 Å². The number of carbonyl (C=O) groups is 1. The molecule has 1 aliphatic heterocycles.